The number of hydrogen-bond donors (Lipinski definition) is 1. The molecule has 2 heterocycles. The van der Waals surface area contributed by atoms with E-state index in [1.54, 1.807) is 18.3 Å². The first-order valence-corrected chi connectivity index (χ1v) is 9.78. The third-order valence-corrected chi connectivity index (χ3v) is 5.66. The highest BCUT2D eigenvalue weighted by Crippen LogP contribution is 2.27. The van der Waals surface area contributed by atoms with Gasteiger partial charge in [-0.3, -0.25) is 15.5 Å². The predicted molar refractivity (Wildman–Crippen MR) is 114 cm³/mol. The van der Waals surface area contributed by atoms with E-state index in [9.17, 15) is 10.1 Å². The van der Waals surface area contributed by atoms with Crippen LogP contribution in [0.2, 0.25) is 0 Å². The largest absolute Gasteiger partial charge is 0.368 e. The van der Waals surface area contributed by atoms with E-state index in [-0.39, 0.29) is 10.6 Å². The quantitative estimate of drug-likeness (QED) is 0.404. The molecule has 8 nitrogen and oxygen atoms in total. The van der Waals surface area contributed by atoms with Gasteiger partial charge < -0.3 is 9.80 Å². The number of nitro benzene ring substituents is 1. The Morgan fingerprint density at radius 2 is 2.00 bits per heavy atom. The zero-order chi connectivity index (χ0) is 19.5. The number of nitrogens with zero attached hydrogens (tertiary/aromatic N) is 5. The number of piperazine rings is 1. The minimum Gasteiger partial charge on any atom is -0.368 e. The zero-order valence-corrected chi connectivity index (χ0v) is 16.2. The molecule has 4 rings (SSSR count). The molecule has 1 fully saturated rings. The fourth-order valence-corrected chi connectivity index (χ4v) is 3.99. The summed E-state index contributed by atoms with van der Waals surface area (Å²) in [5.74, 6) is 0. The van der Waals surface area contributed by atoms with Gasteiger partial charge >= 0.3 is 0 Å². The second kappa shape index (κ2) is 7.91. The monoisotopic (exact) mass is 396 g/mol. The molecule has 1 aliphatic heterocycles. The maximum absolute atomic E-state index is 11.2. The first-order chi connectivity index (χ1) is 13.6. The van der Waals surface area contributed by atoms with Crippen LogP contribution in [0.5, 0.6) is 0 Å². The molecule has 1 aliphatic rings. The van der Waals surface area contributed by atoms with Crippen molar-refractivity contribution in [2.75, 3.05) is 43.6 Å². The van der Waals surface area contributed by atoms with E-state index < -0.39 is 0 Å². The summed E-state index contributed by atoms with van der Waals surface area (Å²) in [4.78, 5) is 19.8. The second-order valence-electron chi connectivity index (χ2n) is 6.65. The molecule has 0 saturated carbocycles. The molecule has 0 unspecified atom stereocenters. The first kappa shape index (κ1) is 18.3. The van der Waals surface area contributed by atoms with Crippen LogP contribution in [0.1, 0.15) is 5.56 Å². The van der Waals surface area contributed by atoms with Crippen LogP contribution < -0.4 is 10.3 Å². The molecule has 9 heteroatoms. The van der Waals surface area contributed by atoms with Crippen molar-refractivity contribution in [2.24, 2.45) is 5.10 Å². The molecule has 144 valence electrons. The van der Waals surface area contributed by atoms with E-state index in [2.05, 4.69) is 32.4 Å². The Morgan fingerprint density at radius 3 is 2.75 bits per heavy atom. The number of hydrazone groups is 1. The van der Waals surface area contributed by atoms with Crippen molar-refractivity contribution in [3.63, 3.8) is 0 Å². The van der Waals surface area contributed by atoms with E-state index in [4.69, 9.17) is 0 Å². The number of nitro groups is 1. The van der Waals surface area contributed by atoms with Crippen LogP contribution in [0.3, 0.4) is 0 Å². The number of likely N-dealkylation sites (N-methyl/N-ethyl adjacent to an activating group) is 1. The van der Waals surface area contributed by atoms with Crippen LogP contribution in [0.4, 0.5) is 16.5 Å². The Labute approximate surface area is 166 Å². The molecule has 0 amide bonds. The third kappa shape index (κ3) is 3.95. The van der Waals surface area contributed by atoms with Gasteiger partial charge in [-0.15, -0.1) is 0 Å². The van der Waals surface area contributed by atoms with Gasteiger partial charge in [0.15, 0.2) is 0 Å². The Bertz CT molecular complexity index is 993. The number of hydrogen-bond acceptors (Lipinski definition) is 8. The van der Waals surface area contributed by atoms with Gasteiger partial charge in [0, 0.05) is 49.6 Å². The molecule has 1 aromatic heterocycles. The van der Waals surface area contributed by atoms with Crippen LogP contribution in [-0.4, -0.2) is 54.2 Å². The molecule has 0 aliphatic carbocycles. The lowest BCUT2D eigenvalue weighted by Crippen LogP contribution is -2.44. The standard InChI is InChI=1S/C19H20N6O2S/c1-23-8-10-24(11-9-23)17-7-6-15(25(26)27)12-14(17)13-20-22-19-21-16-4-2-3-5-18(16)28-19/h2-7,12-13H,8-11H2,1H3,(H,21,22)/b20-13+. The van der Waals surface area contributed by atoms with Gasteiger partial charge in [0.1, 0.15) is 0 Å². The van der Waals surface area contributed by atoms with E-state index >= 15 is 0 Å². The summed E-state index contributed by atoms with van der Waals surface area (Å²) < 4.78 is 1.08. The number of anilines is 2. The molecule has 0 bridgehead atoms. The van der Waals surface area contributed by atoms with E-state index in [0.29, 0.717) is 10.7 Å². The van der Waals surface area contributed by atoms with Crippen molar-refractivity contribution < 1.29 is 4.92 Å². The summed E-state index contributed by atoms with van der Waals surface area (Å²) in [6.07, 6.45) is 1.63. The van der Waals surface area contributed by atoms with Crippen molar-refractivity contribution in [3.8, 4) is 0 Å². The van der Waals surface area contributed by atoms with Gasteiger partial charge in [0.25, 0.3) is 5.69 Å². The number of rotatable bonds is 5. The van der Waals surface area contributed by atoms with Gasteiger partial charge in [0.05, 0.1) is 21.4 Å². The van der Waals surface area contributed by atoms with Crippen LogP contribution in [0.15, 0.2) is 47.6 Å². The van der Waals surface area contributed by atoms with Gasteiger partial charge in [-0.1, -0.05) is 23.5 Å². The topological polar surface area (TPSA) is 86.9 Å². The van der Waals surface area contributed by atoms with Gasteiger partial charge in [-0.05, 0) is 25.2 Å². The minimum absolute atomic E-state index is 0.0549. The second-order valence-corrected chi connectivity index (χ2v) is 7.68. The van der Waals surface area contributed by atoms with E-state index in [0.717, 1.165) is 42.1 Å². The summed E-state index contributed by atoms with van der Waals surface area (Å²) in [7, 11) is 2.09. The van der Waals surface area contributed by atoms with E-state index in [1.807, 2.05) is 30.3 Å². The summed E-state index contributed by atoms with van der Waals surface area (Å²) in [5.41, 5.74) is 5.59. The molecule has 28 heavy (non-hydrogen) atoms. The number of fused-ring (bicyclic) bond motifs is 1. The molecule has 0 spiro atoms. The lowest BCUT2D eigenvalue weighted by atomic mass is 10.1. The smallest absolute Gasteiger partial charge is 0.270 e. The number of thiazole rings is 1. The third-order valence-electron chi connectivity index (χ3n) is 4.72. The Balaban J connectivity index is 1.58. The van der Waals surface area contributed by atoms with Crippen LogP contribution in [0.25, 0.3) is 10.2 Å². The van der Waals surface area contributed by atoms with Crippen molar-refractivity contribution in [2.45, 2.75) is 0 Å². The molecular formula is C19H20N6O2S. The molecule has 1 saturated heterocycles. The maximum Gasteiger partial charge on any atom is 0.270 e. The molecule has 0 radical (unpaired) electrons. The summed E-state index contributed by atoms with van der Waals surface area (Å²) >= 11 is 1.51. The summed E-state index contributed by atoms with van der Waals surface area (Å²) in [6, 6.07) is 12.8. The van der Waals surface area contributed by atoms with Crippen LogP contribution in [-0.2, 0) is 0 Å². The molecule has 2 aromatic carbocycles. The number of benzene rings is 2. The van der Waals surface area contributed by atoms with Crippen molar-refractivity contribution >= 4 is 44.3 Å². The highest BCUT2D eigenvalue weighted by atomic mass is 32.1. The predicted octanol–water partition coefficient (Wildman–Crippen LogP) is 3.40. The SMILES string of the molecule is CN1CCN(c2ccc([N+](=O)[O-])cc2/C=N/Nc2nc3ccccc3s2)CC1. The summed E-state index contributed by atoms with van der Waals surface area (Å²) in [5, 5.41) is 16.2. The average Bonchev–Trinajstić information content (AvgIpc) is 3.11. The van der Waals surface area contributed by atoms with Crippen molar-refractivity contribution in [3.05, 3.63) is 58.1 Å². The first-order valence-electron chi connectivity index (χ1n) is 8.97. The number of non-ortho nitro benzene ring substituents is 1. The minimum atomic E-state index is -0.383. The average molecular weight is 396 g/mol. The molecule has 3 aromatic rings. The lowest BCUT2D eigenvalue weighted by molar-refractivity contribution is -0.384. The van der Waals surface area contributed by atoms with Gasteiger partial charge in [-0.25, -0.2) is 4.98 Å². The number of nitrogens with one attached hydrogen (secondary N) is 1. The number of aromatic nitrogens is 1. The van der Waals surface area contributed by atoms with Gasteiger partial charge in [-0.2, -0.15) is 5.10 Å². The molecular weight excluding hydrogens is 376 g/mol. The Kier molecular flexibility index (Phi) is 5.18. The normalized spacial score (nSPS) is 15.4. The van der Waals surface area contributed by atoms with Crippen LogP contribution in [0, 0.1) is 10.1 Å². The maximum atomic E-state index is 11.2. The summed E-state index contributed by atoms with van der Waals surface area (Å²) in [6.45, 7) is 3.66. The molecule has 0 atom stereocenters. The lowest BCUT2D eigenvalue weighted by Gasteiger charge is -2.34. The Morgan fingerprint density at radius 1 is 1.21 bits per heavy atom. The molecule has 1 N–H and O–H groups in total. The highest BCUT2D eigenvalue weighted by molar-refractivity contribution is 7.22. The van der Waals surface area contributed by atoms with Crippen molar-refractivity contribution in [1.82, 2.24) is 9.88 Å². The van der Waals surface area contributed by atoms with Crippen LogP contribution >= 0.6 is 11.3 Å². The zero-order valence-electron chi connectivity index (χ0n) is 15.4. The Hall–Kier alpha value is -3.04. The fraction of sp³-hybridized carbons (Fsp3) is 0.263. The van der Waals surface area contributed by atoms with Crippen molar-refractivity contribution in [1.29, 1.82) is 0 Å². The fourth-order valence-electron chi connectivity index (χ4n) is 3.17. The number of para-hydroxylation sites is 1. The van der Waals surface area contributed by atoms with E-state index in [1.165, 1.54) is 11.3 Å². The van der Waals surface area contributed by atoms with Gasteiger partial charge in [0.2, 0.25) is 5.13 Å². The highest BCUT2D eigenvalue weighted by Gasteiger charge is 2.18.